The van der Waals surface area contributed by atoms with Crippen molar-refractivity contribution >= 4 is 38.9 Å². The average molecular weight is 391 g/mol. The highest BCUT2D eigenvalue weighted by molar-refractivity contribution is 7.89. The predicted molar refractivity (Wildman–Crippen MR) is 100.0 cm³/mol. The maximum absolute atomic E-state index is 12.2. The van der Waals surface area contributed by atoms with Gasteiger partial charge in [-0.2, -0.15) is 5.26 Å². The predicted octanol–water partition coefficient (Wildman–Crippen LogP) is 2.75. The molecule has 7 nitrogen and oxygen atoms in total. The molecule has 134 valence electrons. The molecule has 0 saturated carbocycles. The second-order valence-electron chi connectivity index (χ2n) is 5.25. The van der Waals surface area contributed by atoms with Crippen LogP contribution in [0.1, 0.15) is 5.56 Å². The molecule has 4 N–H and O–H groups in total. The van der Waals surface area contributed by atoms with Crippen LogP contribution in [-0.4, -0.2) is 14.3 Å². The quantitative estimate of drug-likeness (QED) is 0.534. The number of sulfonamides is 1. The number of nitrogens with two attached hydrogens (primary N) is 1. The first kappa shape index (κ1) is 19.5. The normalized spacial score (nSPS) is 11.5. The van der Waals surface area contributed by atoms with Gasteiger partial charge >= 0.3 is 0 Å². The van der Waals surface area contributed by atoms with Crippen LogP contribution >= 0.6 is 11.6 Å². The topological polar surface area (TPSA) is 125 Å². The molecule has 0 unspecified atom stereocenters. The number of primary sulfonamides is 1. The number of carbonyl (C=O) groups is 1. The van der Waals surface area contributed by atoms with E-state index in [4.69, 9.17) is 16.7 Å². The highest BCUT2D eigenvalue weighted by atomic mass is 35.5. The molecule has 2 aromatic rings. The van der Waals surface area contributed by atoms with Crippen molar-refractivity contribution in [2.75, 3.05) is 10.6 Å². The third-order valence-corrected chi connectivity index (χ3v) is 4.79. The van der Waals surface area contributed by atoms with Crippen molar-refractivity contribution in [2.45, 2.75) is 11.8 Å². The van der Waals surface area contributed by atoms with Crippen molar-refractivity contribution in [3.63, 3.8) is 0 Å². The lowest BCUT2D eigenvalue weighted by Gasteiger charge is -2.09. The summed E-state index contributed by atoms with van der Waals surface area (Å²) in [6, 6.07) is 12.4. The number of nitrogens with one attached hydrogen (secondary N) is 2. The Kier molecular flexibility index (Phi) is 6.00. The first-order chi connectivity index (χ1) is 12.2. The molecule has 0 bridgehead atoms. The van der Waals surface area contributed by atoms with E-state index >= 15 is 0 Å². The lowest BCUT2D eigenvalue weighted by Crippen LogP contribution is -2.15. The molecule has 2 rings (SSSR count). The SMILES string of the molecule is Cc1c(Cl)cccc1NC(=O)/C(C#N)=C\Nc1ccc(S(N)(=O)=O)cc1. The van der Waals surface area contributed by atoms with Gasteiger partial charge in [0, 0.05) is 22.6 Å². The molecule has 0 aromatic heterocycles. The minimum absolute atomic E-state index is 0.0401. The Morgan fingerprint density at radius 3 is 2.46 bits per heavy atom. The number of rotatable bonds is 5. The van der Waals surface area contributed by atoms with Crippen LogP contribution in [0.4, 0.5) is 11.4 Å². The third kappa shape index (κ3) is 4.83. The Morgan fingerprint density at radius 1 is 1.23 bits per heavy atom. The minimum atomic E-state index is -3.78. The second kappa shape index (κ2) is 8.01. The first-order valence-electron chi connectivity index (χ1n) is 7.28. The molecule has 2 aromatic carbocycles. The molecule has 0 aliphatic rings. The number of hydrogen-bond donors (Lipinski definition) is 3. The van der Waals surface area contributed by atoms with Gasteiger partial charge in [0.25, 0.3) is 5.91 Å². The summed E-state index contributed by atoms with van der Waals surface area (Å²) in [7, 11) is -3.78. The standard InChI is InChI=1S/C17H15ClN4O3S/c1-11-15(18)3-2-4-16(11)22-17(23)12(9-19)10-21-13-5-7-14(8-6-13)26(20,24)25/h2-8,10,21H,1H3,(H,22,23)(H2,20,24,25)/b12-10-. The number of anilines is 2. The van der Waals surface area contributed by atoms with Gasteiger partial charge in [-0.15, -0.1) is 0 Å². The van der Waals surface area contributed by atoms with E-state index in [-0.39, 0.29) is 10.5 Å². The van der Waals surface area contributed by atoms with E-state index in [0.717, 1.165) is 0 Å². The zero-order chi connectivity index (χ0) is 19.3. The largest absolute Gasteiger partial charge is 0.360 e. The molecule has 1 amide bonds. The van der Waals surface area contributed by atoms with Crippen LogP contribution in [0.3, 0.4) is 0 Å². The number of nitriles is 1. The molecular weight excluding hydrogens is 376 g/mol. The Balaban J connectivity index is 2.13. The summed E-state index contributed by atoms with van der Waals surface area (Å²) in [5, 5.41) is 20.1. The summed E-state index contributed by atoms with van der Waals surface area (Å²) in [5.74, 6) is -0.605. The van der Waals surface area contributed by atoms with Crippen LogP contribution in [0.2, 0.25) is 5.02 Å². The van der Waals surface area contributed by atoms with E-state index in [1.807, 2.05) is 0 Å². The molecule has 0 heterocycles. The van der Waals surface area contributed by atoms with E-state index < -0.39 is 15.9 Å². The summed E-state index contributed by atoms with van der Waals surface area (Å²) in [4.78, 5) is 12.2. The monoisotopic (exact) mass is 390 g/mol. The Labute approximate surface area is 156 Å². The fourth-order valence-electron chi connectivity index (χ4n) is 1.98. The van der Waals surface area contributed by atoms with Crippen LogP contribution in [0.25, 0.3) is 0 Å². The molecule has 0 aliphatic carbocycles. The van der Waals surface area contributed by atoms with Gasteiger partial charge in [-0.05, 0) is 48.9 Å². The lowest BCUT2D eigenvalue weighted by molar-refractivity contribution is -0.112. The number of amides is 1. The molecule has 26 heavy (non-hydrogen) atoms. The van der Waals surface area contributed by atoms with E-state index in [1.165, 1.54) is 30.5 Å². The zero-order valence-electron chi connectivity index (χ0n) is 13.7. The average Bonchev–Trinajstić information content (AvgIpc) is 2.59. The van der Waals surface area contributed by atoms with Crippen LogP contribution in [0, 0.1) is 18.3 Å². The maximum atomic E-state index is 12.2. The summed E-state index contributed by atoms with van der Waals surface area (Å²) in [5.41, 5.74) is 1.50. The molecule has 0 saturated heterocycles. The van der Waals surface area contributed by atoms with Crippen LogP contribution < -0.4 is 15.8 Å². The van der Waals surface area contributed by atoms with Crippen LogP contribution in [-0.2, 0) is 14.8 Å². The molecule has 0 aliphatic heterocycles. The second-order valence-corrected chi connectivity index (χ2v) is 7.22. The van der Waals surface area contributed by atoms with E-state index in [1.54, 1.807) is 31.2 Å². The Hall–Kier alpha value is -2.86. The van der Waals surface area contributed by atoms with Crippen molar-refractivity contribution in [1.82, 2.24) is 0 Å². The molecule has 0 fully saturated rings. The van der Waals surface area contributed by atoms with Gasteiger partial charge in [-0.1, -0.05) is 17.7 Å². The van der Waals surface area contributed by atoms with Gasteiger partial charge in [-0.3, -0.25) is 4.79 Å². The number of nitrogens with zero attached hydrogens (tertiary/aromatic N) is 1. The van der Waals surface area contributed by atoms with Gasteiger partial charge in [0.2, 0.25) is 10.0 Å². The zero-order valence-corrected chi connectivity index (χ0v) is 15.2. The van der Waals surface area contributed by atoms with Crippen LogP contribution in [0.5, 0.6) is 0 Å². The first-order valence-corrected chi connectivity index (χ1v) is 9.21. The molecule has 0 atom stereocenters. The fourth-order valence-corrected chi connectivity index (χ4v) is 2.67. The van der Waals surface area contributed by atoms with E-state index in [9.17, 15) is 18.5 Å². The third-order valence-electron chi connectivity index (χ3n) is 3.45. The minimum Gasteiger partial charge on any atom is -0.360 e. The summed E-state index contributed by atoms with van der Waals surface area (Å²) in [6.07, 6.45) is 1.22. The fraction of sp³-hybridized carbons (Fsp3) is 0.0588. The number of carbonyl (C=O) groups excluding carboxylic acids is 1. The van der Waals surface area contributed by atoms with Gasteiger partial charge in [-0.25, -0.2) is 13.6 Å². The van der Waals surface area contributed by atoms with Crippen LogP contribution in [0.15, 0.2) is 59.1 Å². The van der Waals surface area contributed by atoms with Crippen molar-refractivity contribution in [3.8, 4) is 6.07 Å². The van der Waals surface area contributed by atoms with Gasteiger partial charge in [0.05, 0.1) is 4.90 Å². The van der Waals surface area contributed by atoms with Crippen molar-refractivity contribution in [3.05, 3.63) is 64.8 Å². The Morgan fingerprint density at radius 2 is 1.88 bits per heavy atom. The summed E-state index contributed by atoms with van der Waals surface area (Å²) < 4.78 is 22.4. The molecule has 9 heteroatoms. The van der Waals surface area contributed by atoms with Crippen molar-refractivity contribution in [1.29, 1.82) is 5.26 Å². The highest BCUT2D eigenvalue weighted by Gasteiger charge is 2.12. The highest BCUT2D eigenvalue weighted by Crippen LogP contribution is 2.23. The maximum Gasteiger partial charge on any atom is 0.267 e. The molecule has 0 radical (unpaired) electrons. The molecular formula is C17H15ClN4O3S. The van der Waals surface area contributed by atoms with E-state index in [0.29, 0.717) is 22.0 Å². The van der Waals surface area contributed by atoms with Gasteiger partial charge in [0.1, 0.15) is 11.6 Å². The summed E-state index contributed by atoms with van der Waals surface area (Å²) in [6.45, 7) is 1.75. The number of benzene rings is 2. The van der Waals surface area contributed by atoms with E-state index in [2.05, 4.69) is 10.6 Å². The number of halogens is 1. The summed E-state index contributed by atoms with van der Waals surface area (Å²) >= 11 is 6.00. The van der Waals surface area contributed by atoms with Gasteiger partial charge < -0.3 is 10.6 Å². The molecule has 0 spiro atoms. The smallest absolute Gasteiger partial charge is 0.267 e. The lowest BCUT2D eigenvalue weighted by atomic mass is 10.2. The number of hydrogen-bond acceptors (Lipinski definition) is 5. The van der Waals surface area contributed by atoms with Crippen molar-refractivity contribution < 1.29 is 13.2 Å². The van der Waals surface area contributed by atoms with Gasteiger partial charge in [0.15, 0.2) is 0 Å². The Bertz CT molecular complexity index is 1010. The van der Waals surface area contributed by atoms with Crippen molar-refractivity contribution in [2.24, 2.45) is 5.14 Å².